The molecule has 0 aliphatic carbocycles. The summed E-state index contributed by atoms with van der Waals surface area (Å²) in [4.78, 5) is 24.9. The Kier molecular flexibility index (Phi) is 6.40. The number of benzene rings is 1. The van der Waals surface area contributed by atoms with Crippen molar-refractivity contribution in [3.63, 3.8) is 0 Å². The second-order valence-corrected chi connectivity index (χ2v) is 5.55. The minimum absolute atomic E-state index is 0.235. The van der Waals surface area contributed by atoms with Crippen LogP contribution in [0.1, 0.15) is 35.7 Å². The largest absolute Gasteiger partial charge is 0.465 e. The van der Waals surface area contributed by atoms with Crippen LogP contribution in [-0.2, 0) is 16.0 Å². The predicted molar refractivity (Wildman–Crippen MR) is 86.2 cm³/mol. The van der Waals surface area contributed by atoms with E-state index in [2.05, 4.69) is 10.1 Å². The quantitative estimate of drug-likeness (QED) is 0.842. The Bertz CT molecular complexity index is 530. The number of nitrogens with zero attached hydrogens (tertiary/aromatic N) is 1. The summed E-state index contributed by atoms with van der Waals surface area (Å²) in [5.41, 5.74) is 1.63. The maximum Gasteiger partial charge on any atom is 0.409 e. The van der Waals surface area contributed by atoms with Gasteiger partial charge in [0, 0.05) is 25.7 Å². The molecular formula is C17H24N2O4. The molecule has 1 atom stereocenters. The standard InChI is InChI=1S/C17H24N2O4/c1-3-23-17(21)19-10-4-5-15(12-19)18-11-13-6-8-14(9-7-13)16(20)22-2/h6-9,15,18H,3-5,10-12H2,1-2H3. The van der Waals surface area contributed by atoms with Crippen LogP contribution in [0.3, 0.4) is 0 Å². The number of ether oxygens (including phenoxy) is 2. The molecule has 1 heterocycles. The number of esters is 1. The number of methoxy groups -OCH3 is 1. The Morgan fingerprint density at radius 1 is 1.30 bits per heavy atom. The Morgan fingerprint density at radius 3 is 2.70 bits per heavy atom. The van der Waals surface area contributed by atoms with E-state index in [0.717, 1.165) is 24.9 Å². The number of hydrogen-bond acceptors (Lipinski definition) is 5. The molecule has 2 rings (SSSR count). The van der Waals surface area contributed by atoms with Gasteiger partial charge in [-0.05, 0) is 37.5 Å². The van der Waals surface area contributed by atoms with Crippen molar-refractivity contribution in [1.29, 1.82) is 0 Å². The second-order valence-electron chi connectivity index (χ2n) is 5.55. The van der Waals surface area contributed by atoms with Crippen LogP contribution >= 0.6 is 0 Å². The first kappa shape index (κ1) is 17.3. The SMILES string of the molecule is CCOC(=O)N1CCCC(NCc2ccc(C(=O)OC)cc2)C1. The summed E-state index contributed by atoms with van der Waals surface area (Å²) in [7, 11) is 1.37. The number of carbonyl (C=O) groups is 2. The molecule has 0 spiro atoms. The van der Waals surface area contributed by atoms with Gasteiger partial charge in [0.15, 0.2) is 0 Å². The van der Waals surface area contributed by atoms with Gasteiger partial charge < -0.3 is 19.7 Å². The number of likely N-dealkylation sites (tertiary alicyclic amines) is 1. The highest BCUT2D eigenvalue weighted by Crippen LogP contribution is 2.12. The molecule has 6 nitrogen and oxygen atoms in total. The van der Waals surface area contributed by atoms with E-state index in [1.807, 2.05) is 19.1 Å². The van der Waals surface area contributed by atoms with Crippen molar-refractivity contribution in [3.05, 3.63) is 35.4 Å². The minimum Gasteiger partial charge on any atom is -0.465 e. The van der Waals surface area contributed by atoms with Gasteiger partial charge >= 0.3 is 12.1 Å². The summed E-state index contributed by atoms with van der Waals surface area (Å²) in [6.07, 6.45) is 1.77. The van der Waals surface area contributed by atoms with Crippen LogP contribution in [0.25, 0.3) is 0 Å². The third kappa shape index (κ3) is 4.96. The molecule has 0 saturated carbocycles. The lowest BCUT2D eigenvalue weighted by Gasteiger charge is -2.32. The van der Waals surface area contributed by atoms with Crippen LogP contribution in [0.5, 0.6) is 0 Å². The lowest BCUT2D eigenvalue weighted by Crippen LogP contribution is -2.47. The van der Waals surface area contributed by atoms with Crippen molar-refractivity contribution in [2.75, 3.05) is 26.8 Å². The number of carbonyl (C=O) groups excluding carboxylic acids is 2. The van der Waals surface area contributed by atoms with Gasteiger partial charge in [0.1, 0.15) is 0 Å². The van der Waals surface area contributed by atoms with E-state index in [1.54, 1.807) is 17.0 Å². The van der Waals surface area contributed by atoms with Crippen molar-refractivity contribution in [1.82, 2.24) is 10.2 Å². The topological polar surface area (TPSA) is 67.9 Å². The van der Waals surface area contributed by atoms with Gasteiger partial charge in [-0.3, -0.25) is 0 Å². The van der Waals surface area contributed by atoms with Crippen LogP contribution in [-0.4, -0.2) is 49.8 Å². The molecule has 1 aliphatic heterocycles. The van der Waals surface area contributed by atoms with E-state index in [9.17, 15) is 9.59 Å². The summed E-state index contributed by atoms with van der Waals surface area (Å²) < 4.78 is 9.74. The summed E-state index contributed by atoms with van der Waals surface area (Å²) in [6, 6.07) is 7.59. The zero-order valence-electron chi connectivity index (χ0n) is 13.7. The molecule has 0 radical (unpaired) electrons. The zero-order chi connectivity index (χ0) is 16.7. The summed E-state index contributed by atoms with van der Waals surface area (Å²) in [5.74, 6) is -0.332. The van der Waals surface area contributed by atoms with Crippen LogP contribution in [0, 0.1) is 0 Å². The normalized spacial score (nSPS) is 17.7. The number of rotatable bonds is 5. The highest BCUT2D eigenvalue weighted by atomic mass is 16.6. The first-order valence-corrected chi connectivity index (χ1v) is 7.96. The fraction of sp³-hybridized carbons (Fsp3) is 0.529. The number of hydrogen-bond donors (Lipinski definition) is 1. The molecule has 1 aliphatic rings. The Balaban J connectivity index is 1.83. The Morgan fingerprint density at radius 2 is 2.04 bits per heavy atom. The van der Waals surface area contributed by atoms with Gasteiger partial charge in [-0.25, -0.2) is 9.59 Å². The number of piperidine rings is 1. The van der Waals surface area contributed by atoms with Crippen molar-refractivity contribution in [2.24, 2.45) is 0 Å². The first-order valence-electron chi connectivity index (χ1n) is 7.96. The van der Waals surface area contributed by atoms with Gasteiger partial charge in [0.05, 0.1) is 19.3 Å². The van der Waals surface area contributed by atoms with E-state index in [1.165, 1.54) is 7.11 Å². The van der Waals surface area contributed by atoms with E-state index >= 15 is 0 Å². The molecule has 0 aromatic heterocycles. The fourth-order valence-corrected chi connectivity index (χ4v) is 2.66. The molecule has 1 fully saturated rings. The van der Waals surface area contributed by atoms with Crippen LogP contribution in [0.15, 0.2) is 24.3 Å². The van der Waals surface area contributed by atoms with Crippen molar-refractivity contribution < 1.29 is 19.1 Å². The number of amides is 1. The minimum atomic E-state index is -0.332. The molecule has 1 N–H and O–H groups in total. The molecule has 1 aromatic carbocycles. The third-order valence-electron chi connectivity index (χ3n) is 3.92. The molecule has 1 saturated heterocycles. The van der Waals surface area contributed by atoms with Gasteiger partial charge in [-0.15, -0.1) is 0 Å². The molecular weight excluding hydrogens is 296 g/mol. The van der Waals surface area contributed by atoms with Crippen LogP contribution < -0.4 is 5.32 Å². The molecule has 0 bridgehead atoms. The predicted octanol–water partition coefficient (Wildman–Crippen LogP) is 2.18. The molecule has 1 aromatic rings. The molecule has 23 heavy (non-hydrogen) atoms. The average molecular weight is 320 g/mol. The average Bonchev–Trinajstić information content (AvgIpc) is 2.60. The Hall–Kier alpha value is -2.08. The molecule has 6 heteroatoms. The van der Waals surface area contributed by atoms with Gasteiger partial charge in [0.2, 0.25) is 0 Å². The second kappa shape index (κ2) is 8.53. The monoisotopic (exact) mass is 320 g/mol. The van der Waals surface area contributed by atoms with E-state index in [0.29, 0.717) is 25.3 Å². The highest BCUT2D eigenvalue weighted by Gasteiger charge is 2.23. The third-order valence-corrected chi connectivity index (χ3v) is 3.92. The summed E-state index contributed by atoms with van der Waals surface area (Å²) in [6.45, 7) is 4.34. The van der Waals surface area contributed by atoms with Crippen molar-refractivity contribution >= 4 is 12.1 Å². The van der Waals surface area contributed by atoms with Gasteiger partial charge in [-0.2, -0.15) is 0 Å². The maximum absolute atomic E-state index is 11.8. The highest BCUT2D eigenvalue weighted by molar-refractivity contribution is 5.89. The van der Waals surface area contributed by atoms with Gasteiger partial charge in [0.25, 0.3) is 0 Å². The van der Waals surface area contributed by atoms with E-state index in [-0.39, 0.29) is 18.1 Å². The smallest absolute Gasteiger partial charge is 0.409 e. The van der Waals surface area contributed by atoms with Crippen LogP contribution in [0.4, 0.5) is 4.79 Å². The lowest BCUT2D eigenvalue weighted by atomic mass is 10.1. The van der Waals surface area contributed by atoms with Crippen LogP contribution in [0.2, 0.25) is 0 Å². The molecule has 1 unspecified atom stereocenters. The Labute approximate surface area is 136 Å². The van der Waals surface area contributed by atoms with Crippen molar-refractivity contribution in [2.45, 2.75) is 32.4 Å². The zero-order valence-corrected chi connectivity index (χ0v) is 13.7. The van der Waals surface area contributed by atoms with E-state index < -0.39 is 0 Å². The number of nitrogens with one attached hydrogen (secondary N) is 1. The molecule has 1 amide bonds. The fourth-order valence-electron chi connectivity index (χ4n) is 2.66. The first-order chi connectivity index (χ1) is 11.1. The van der Waals surface area contributed by atoms with Crippen molar-refractivity contribution in [3.8, 4) is 0 Å². The molecule has 126 valence electrons. The lowest BCUT2D eigenvalue weighted by molar-refractivity contribution is 0.0600. The summed E-state index contributed by atoms with van der Waals surface area (Å²) in [5, 5.41) is 3.46. The summed E-state index contributed by atoms with van der Waals surface area (Å²) >= 11 is 0. The maximum atomic E-state index is 11.8. The van der Waals surface area contributed by atoms with Gasteiger partial charge in [-0.1, -0.05) is 12.1 Å². The van der Waals surface area contributed by atoms with E-state index in [4.69, 9.17) is 4.74 Å².